The first-order chi connectivity index (χ1) is 16.8. The third-order valence-corrected chi connectivity index (χ3v) is 10.4. The highest BCUT2D eigenvalue weighted by Crippen LogP contribution is 2.43. The van der Waals surface area contributed by atoms with Crippen molar-refractivity contribution < 1.29 is 9.31 Å². The van der Waals surface area contributed by atoms with Crippen molar-refractivity contribution in [3.63, 3.8) is 0 Å². The Balaban J connectivity index is 1.50. The largest absolute Gasteiger partial charge is 0.496 e. The second-order valence-corrected chi connectivity index (χ2v) is 12.8. The summed E-state index contributed by atoms with van der Waals surface area (Å²) in [6, 6.07) is 20.1. The third-order valence-electron chi connectivity index (χ3n) is 7.98. The lowest BCUT2D eigenvalue weighted by atomic mass is 9.78. The molecule has 1 saturated heterocycles. The van der Waals surface area contributed by atoms with E-state index in [4.69, 9.17) is 9.31 Å². The zero-order chi connectivity index (χ0) is 23.9. The maximum Gasteiger partial charge on any atom is 0.496 e. The molecule has 0 saturated carbocycles. The first kappa shape index (κ1) is 21.8. The predicted octanol–water partition coefficient (Wildman–Crippen LogP) is 6.59. The van der Waals surface area contributed by atoms with E-state index in [0.29, 0.717) is 0 Å². The molecule has 1 aliphatic heterocycles. The molecule has 1 aliphatic carbocycles. The summed E-state index contributed by atoms with van der Waals surface area (Å²) in [5.74, 6) is 0. The number of rotatable bonds is 2. The van der Waals surface area contributed by atoms with Gasteiger partial charge in [0.25, 0.3) is 0 Å². The van der Waals surface area contributed by atoms with E-state index < -0.39 is 0 Å². The highest BCUT2D eigenvalue weighted by molar-refractivity contribution is 7.27. The molecule has 0 spiro atoms. The number of thiophene rings is 2. The van der Waals surface area contributed by atoms with Crippen LogP contribution in [-0.4, -0.2) is 18.3 Å². The molecule has 174 valence electrons. The molecule has 0 bridgehead atoms. The van der Waals surface area contributed by atoms with E-state index in [1.165, 1.54) is 51.1 Å². The Labute approximate surface area is 213 Å². The van der Waals surface area contributed by atoms with E-state index in [2.05, 4.69) is 94.4 Å². The fraction of sp³-hybridized carbons (Fsp3) is 0.267. The molecular formula is C30H27BO2S2. The standard InChI is InChI=1S/C30H27BO2S2/c1-29(2)30(3,4)33-31(32-29)22-14-7-13-21-27-19(12-9-17-25(27)35-28(21)22)18-11-8-16-24-26(18)20-10-5-6-15-23(20)34-24/h7-17H,5-6H2,1-4H3. The van der Waals surface area contributed by atoms with Crippen LogP contribution in [-0.2, 0) is 9.31 Å². The van der Waals surface area contributed by atoms with E-state index in [1.54, 1.807) is 0 Å². The van der Waals surface area contributed by atoms with Gasteiger partial charge in [0.15, 0.2) is 0 Å². The summed E-state index contributed by atoms with van der Waals surface area (Å²) in [6.45, 7) is 8.47. The number of benzene rings is 3. The van der Waals surface area contributed by atoms with Crippen LogP contribution in [0.5, 0.6) is 0 Å². The van der Waals surface area contributed by atoms with Crippen molar-refractivity contribution in [3.8, 4) is 11.1 Å². The van der Waals surface area contributed by atoms with E-state index >= 15 is 0 Å². The van der Waals surface area contributed by atoms with Crippen LogP contribution in [0, 0.1) is 0 Å². The van der Waals surface area contributed by atoms with Gasteiger partial charge in [0.05, 0.1) is 11.2 Å². The monoisotopic (exact) mass is 494 g/mol. The molecule has 1 fully saturated rings. The summed E-state index contributed by atoms with van der Waals surface area (Å²) >= 11 is 3.77. The minimum Gasteiger partial charge on any atom is -0.399 e. The van der Waals surface area contributed by atoms with Gasteiger partial charge in [-0.3, -0.25) is 0 Å². The predicted molar refractivity (Wildman–Crippen MR) is 153 cm³/mol. The summed E-state index contributed by atoms with van der Waals surface area (Å²) in [7, 11) is -0.363. The third kappa shape index (κ3) is 3.15. The Kier molecular flexibility index (Phi) is 4.70. The molecule has 0 amide bonds. The maximum atomic E-state index is 6.46. The van der Waals surface area contributed by atoms with Crippen molar-refractivity contribution in [2.75, 3.05) is 0 Å². The zero-order valence-corrected chi connectivity index (χ0v) is 22.1. The van der Waals surface area contributed by atoms with Gasteiger partial charge in [-0.25, -0.2) is 0 Å². The Morgan fingerprint density at radius 3 is 2.09 bits per heavy atom. The van der Waals surface area contributed by atoms with Crippen LogP contribution in [0.1, 0.15) is 40.5 Å². The average molecular weight is 494 g/mol. The van der Waals surface area contributed by atoms with Crippen molar-refractivity contribution >= 4 is 77.7 Å². The van der Waals surface area contributed by atoms with Gasteiger partial charge in [0, 0.05) is 40.3 Å². The molecule has 3 heterocycles. The van der Waals surface area contributed by atoms with Gasteiger partial charge in [-0.15, -0.1) is 22.7 Å². The topological polar surface area (TPSA) is 18.5 Å². The van der Waals surface area contributed by atoms with Crippen LogP contribution in [0.25, 0.3) is 53.5 Å². The van der Waals surface area contributed by atoms with E-state index in [9.17, 15) is 0 Å². The molecule has 0 N–H and O–H groups in total. The normalized spacial score (nSPS) is 18.7. The van der Waals surface area contributed by atoms with Crippen molar-refractivity contribution in [2.24, 2.45) is 0 Å². The first-order valence-corrected chi connectivity index (χ1v) is 14.0. The average Bonchev–Trinajstić information content (AvgIpc) is 3.47. The lowest BCUT2D eigenvalue weighted by Crippen LogP contribution is -2.41. The fourth-order valence-corrected chi connectivity index (χ4v) is 7.91. The number of hydrogen-bond acceptors (Lipinski definition) is 4. The van der Waals surface area contributed by atoms with Gasteiger partial charge in [-0.2, -0.15) is 0 Å². The molecule has 2 nitrogen and oxygen atoms in total. The van der Waals surface area contributed by atoms with Gasteiger partial charge in [-0.1, -0.05) is 54.6 Å². The van der Waals surface area contributed by atoms with Crippen LogP contribution in [0.2, 0.25) is 0 Å². The number of hydrogen-bond donors (Lipinski definition) is 0. The molecule has 5 aromatic rings. The summed E-state index contributed by atoms with van der Waals surface area (Å²) < 4.78 is 18.3. The molecule has 35 heavy (non-hydrogen) atoms. The smallest absolute Gasteiger partial charge is 0.399 e. The van der Waals surface area contributed by atoms with Crippen LogP contribution in [0.3, 0.4) is 0 Å². The molecule has 0 unspecified atom stereocenters. The van der Waals surface area contributed by atoms with E-state index in [1.807, 2.05) is 22.7 Å². The molecule has 7 rings (SSSR count). The van der Waals surface area contributed by atoms with Gasteiger partial charge < -0.3 is 9.31 Å². The molecule has 2 aromatic heterocycles. The van der Waals surface area contributed by atoms with Crippen molar-refractivity contribution in [3.05, 3.63) is 64.3 Å². The quantitative estimate of drug-likeness (QED) is 0.258. The maximum absolute atomic E-state index is 6.46. The van der Waals surface area contributed by atoms with Crippen molar-refractivity contribution in [1.82, 2.24) is 0 Å². The lowest BCUT2D eigenvalue weighted by molar-refractivity contribution is 0.00578. The van der Waals surface area contributed by atoms with Gasteiger partial charge >= 0.3 is 7.12 Å². The van der Waals surface area contributed by atoms with Crippen LogP contribution >= 0.6 is 22.7 Å². The second kappa shape index (κ2) is 7.53. The van der Waals surface area contributed by atoms with Gasteiger partial charge in [-0.05, 0) is 69.0 Å². The Morgan fingerprint density at radius 2 is 1.34 bits per heavy atom. The summed E-state index contributed by atoms with van der Waals surface area (Å²) in [5.41, 5.74) is 3.05. The van der Waals surface area contributed by atoms with E-state index in [-0.39, 0.29) is 18.3 Å². The van der Waals surface area contributed by atoms with Crippen molar-refractivity contribution in [2.45, 2.75) is 51.7 Å². The highest BCUT2D eigenvalue weighted by atomic mass is 32.1. The Hall–Kier alpha value is -2.44. The number of fused-ring (bicyclic) bond motifs is 6. The Bertz CT molecular complexity index is 1760. The molecule has 0 radical (unpaired) electrons. The van der Waals surface area contributed by atoms with Gasteiger partial charge in [0.2, 0.25) is 0 Å². The highest BCUT2D eigenvalue weighted by Gasteiger charge is 2.52. The SMILES string of the molecule is CC1(C)OB(c2cccc3c2sc2cccc(-c4cccc5sc6c(c45)=CCCC=6)c23)OC1(C)C. The lowest BCUT2D eigenvalue weighted by Gasteiger charge is -2.32. The summed E-state index contributed by atoms with van der Waals surface area (Å²) in [6.07, 6.45) is 7.10. The van der Waals surface area contributed by atoms with Crippen molar-refractivity contribution in [1.29, 1.82) is 0 Å². The Morgan fingerprint density at radius 1 is 0.714 bits per heavy atom. The molecule has 5 heteroatoms. The minimum atomic E-state index is -0.363. The molecule has 3 aromatic carbocycles. The van der Waals surface area contributed by atoms with Crippen LogP contribution in [0.4, 0.5) is 0 Å². The second-order valence-electron chi connectivity index (χ2n) is 10.6. The minimum absolute atomic E-state index is 0.358. The first-order valence-electron chi connectivity index (χ1n) is 12.4. The zero-order valence-electron chi connectivity index (χ0n) is 20.5. The van der Waals surface area contributed by atoms with E-state index in [0.717, 1.165) is 18.3 Å². The molecule has 2 aliphatic rings. The van der Waals surface area contributed by atoms with Crippen LogP contribution < -0.4 is 15.2 Å². The fourth-order valence-electron chi connectivity index (χ4n) is 5.46. The molecule has 0 atom stereocenters. The summed E-state index contributed by atoms with van der Waals surface area (Å²) in [5, 5.41) is 5.43. The molecular weight excluding hydrogens is 467 g/mol. The van der Waals surface area contributed by atoms with Crippen LogP contribution in [0.15, 0.2) is 54.6 Å². The summed E-state index contributed by atoms with van der Waals surface area (Å²) in [4.78, 5) is 0. The van der Waals surface area contributed by atoms with Gasteiger partial charge in [0.1, 0.15) is 0 Å².